The molecule has 350 valence electrons. The quantitative estimate of drug-likeness (QED) is 0.103. The molecule has 3 aliphatic rings. The highest BCUT2D eigenvalue weighted by Gasteiger charge is 2.58. The van der Waals surface area contributed by atoms with E-state index >= 15 is 0 Å². The lowest BCUT2D eigenvalue weighted by molar-refractivity contribution is -0.137. The molecule has 0 spiro atoms. The molecular formula is C54H53ClF3NO8. The highest BCUT2D eigenvalue weighted by atomic mass is 35.5. The predicted octanol–water partition coefficient (Wildman–Crippen LogP) is 12.8. The smallest absolute Gasteiger partial charge is 0.416 e. The van der Waals surface area contributed by atoms with Crippen molar-refractivity contribution in [1.29, 1.82) is 0 Å². The number of fused-ring (bicyclic) bond motifs is 9. The highest BCUT2D eigenvalue weighted by molar-refractivity contribution is 6.33. The van der Waals surface area contributed by atoms with Crippen molar-refractivity contribution in [3.63, 3.8) is 0 Å². The van der Waals surface area contributed by atoms with Crippen LogP contribution in [-0.2, 0) is 19.1 Å². The van der Waals surface area contributed by atoms with Crippen LogP contribution in [0.3, 0.4) is 0 Å². The van der Waals surface area contributed by atoms with Crippen LogP contribution in [-0.4, -0.2) is 59.5 Å². The van der Waals surface area contributed by atoms with E-state index in [4.69, 9.17) is 30.2 Å². The number of carbonyl (C=O) groups is 2. The summed E-state index contributed by atoms with van der Waals surface area (Å²) in [4.78, 5) is 30.9. The van der Waals surface area contributed by atoms with E-state index in [0.717, 1.165) is 34.5 Å². The van der Waals surface area contributed by atoms with Crippen LogP contribution in [0.25, 0.3) is 22.1 Å². The average Bonchev–Trinajstić information content (AvgIpc) is 3.89. The van der Waals surface area contributed by atoms with Crippen molar-refractivity contribution in [3.05, 3.63) is 159 Å². The van der Waals surface area contributed by atoms with Gasteiger partial charge in [0.2, 0.25) is 5.78 Å². The van der Waals surface area contributed by atoms with Crippen LogP contribution in [0.4, 0.5) is 18.0 Å². The minimum Gasteiger partial charge on any atom is -0.497 e. The number of furan rings is 1. The van der Waals surface area contributed by atoms with Crippen LogP contribution in [0.1, 0.15) is 96.7 Å². The van der Waals surface area contributed by atoms with Gasteiger partial charge in [-0.05, 0) is 140 Å². The fourth-order valence-electron chi connectivity index (χ4n) is 9.91. The number of allylic oxidation sites excluding steroid dienone is 2. The summed E-state index contributed by atoms with van der Waals surface area (Å²) >= 11 is 6.38. The number of methoxy groups -OCH3 is 2. The maximum absolute atomic E-state index is 14.8. The van der Waals surface area contributed by atoms with E-state index in [1.165, 1.54) is 24.1 Å². The zero-order valence-corrected chi connectivity index (χ0v) is 38.5. The highest BCUT2D eigenvalue weighted by Crippen LogP contribution is 2.59. The van der Waals surface area contributed by atoms with Gasteiger partial charge < -0.3 is 33.7 Å². The molecule has 1 fully saturated rings. The second-order valence-electron chi connectivity index (χ2n) is 18.0. The Morgan fingerprint density at radius 2 is 1.66 bits per heavy atom. The Balaban J connectivity index is 1.19. The Bertz CT molecular complexity index is 2840. The standard InChI is InChI=1S/C54H53ClF3NO8/c1-33-8-7-24-52(2)45(42-19-12-34(26-39(60)16-11-33)27-43(42)50(61)48-22-21-47(67-48)44-29-38(54(56,57)58)15-20-46(44)55)23-25-53(52,63)32-59(31-37-14-17-40(64-3)30-49(37)65-4)51(62)66-41-18-13-35-9-5-6-10-36(35)28-41/h5-6,8-10,12-15,17-22,27-30,39,45,60,63H,7,11,16,23-26,31-32H2,1-4H3. The van der Waals surface area contributed by atoms with Gasteiger partial charge in [0, 0.05) is 28.2 Å². The van der Waals surface area contributed by atoms with E-state index < -0.39 is 46.7 Å². The van der Waals surface area contributed by atoms with Crippen molar-refractivity contribution in [2.75, 3.05) is 20.8 Å². The van der Waals surface area contributed by atoms with E-state index in [1.54, 1.807) is 37.4 Å². The average molecular weight is 936 g/mol. The Kier molecular flexibility index (Phi) is 13.6. The molecule has 4 unspecified atom stereocenters. The molecule has 1 aromatic heterocycles. The molecule has 5 aromatic carbocycles. The number of ether oxygens (including phenoxy) is 3. The summed E-state index contributed by atoms with van der Waals surface area (Å²) < 4.78 is 64.5. The summed E-state index contributed by atoms with van der Waals surface area (Å²) in [5.41, 5.74) is -0.0596. The van der Waals surface area contributed by atoms with Crippen LogP contribution in [0.15, 0.2) is 125 Å². The second kappa shape index (κ2) is 19.3. The summed E-state index contributed by atoms with van der Waals surface area (Å²) in [5, 5.41) is 26.4. The number of hydrogen-bond acceptors (Lipinski definition) is 8. The molecule has 9 rings (SSSR count). The van der Waals surface area contributed by atoms with E-state index in [9.17, 15) is 33.0 Å². The topological polar surface area (TPSA) is 119 Å². The molecule has 0 saturated heterocycles. The van der Waals surface area contributed by atoms with Gasteiger partial charge in [0.25, 0.3) is 0 Å². The van der Waals surface area contributed by atoms with Crippen LogP contribution >= 0.6 is 11.6 Å². The Hall–Kier alpha value is -6.08. The molecule has 4 atom stereocenters. The zero-order chi connectivity index (χ0) is 47.7. The van der Waals surface area contributed by atoms with Gasteiger partial charge in [-0.25, -0.2) is 4.79 Å². The monoisotopic (exact) mass is 935 g/mol. The fourth-order valence-corrected chi connectivity index (χ4v) is 10.1. The molecule has 3 aliphatic carbocycles. The van der Waals surface area contributed by atoms with E-state index in [0.29, 0.717) is 66.0 Å². The molecule has 13 heteroatoms. The molecule has 1 heterocycles. The summed E-state index contributed by atoms with van der Waals surface area (Å²) in [7, 11) is 3.08. The maximum atomic E-state index is 14.8. The van der Waals surface area contributed by atoms with Crippen LogP contribution < -0.4 is 14.2 Å². The Morgan fingerprint density at radius 3 is 2.42 bits per heavy atom. The maximum Gasteiger partial charge on any atom is 0.416 e. The minimum absolute atomic E-state index is 0.0129. The van der Waals surface area contributed by atoms with Crippen molar-refractivity contribution in [2.24, 2.45) is 5.41 Å². The van der Waals surface area contributed by atoms with Gasteiger partial charge >= 0.3 is 12.3 Å². The predicted molar refractivity (Wildman–Crippen MR) is 251 cm³/mol. The lowest BCUT2D eigenvalue weighted by atomic mass is 9.64. The van der Waals surface area contributed by atoms with Crippen molar-refractivity contribution >= 4 is 34.2 Å². The lowest BCUT2D eigenvalue weighted by Gasteiger charge is -2.46. The molecule has 67 heavy (non-hydrogen) atoms. The third-order valence-electron chi connectivity index (χ3n) is 13.8. The van der Waals surface area contributed by atoms with E-state index in [2.05, 4.69) is 6.08 Å². The lowest BCUT2D eigenvalue weighted by Crippen LogP contribution is -2.54. The molecule has 2 bridgehead atoms. The number of halogens is 4. The molecule has 0 radical (unpaired) electrons. The van der Waals surface area contributed by atoms with Gasteiger partial charge in [-0.3, -0.25) is 4.79 Å². The number of carbonyl (C=O) groups excluding carboxylic acids is 2. The first kappa shape index (κ1) is 47.4. The molecule has 0 aliphatic heterocycles. The molecule has 2 N–H and O–H groups in total. The normalized spacial score (nSPS) is 21.0. The molecule has 6 aromatic rings. The SMILES string of the molecule is COc1ccc(CN(CC2(O)CCC3c4ccc(cc4C(=O)c4ccc(-c5cc(C(F)(F)F)ccc5Cl)o4)CC(O)CCC(C)=CCCC32C)C(=O)Oc2ccc3ccccc3c2)c(OC)c1. The fraction of sp³-hybridized carbons (Fsp3) is 0.333. The van der Waals surface area contributed by atoms with Crippen molar-refractivity contribution < 1.29 is 51.6 Å². The van der Waals surface area contributed by atoms with E-state index in [1.807, 2.05) is 62.4 Å². The summed E-state index contributed by atoms with van der Waals surface area (Å²) in [6.07, 6.45) is -0.774. The number of hydrogen-bond donors (Lipinski definition) is 2. The van der Waals surface area contributed by atoms with Gasteiger partial charge in [0.15, 0.2) is 5.76 Å². The first-order valence-electron chi connectivity index (χ1n) is 22.4. The second-order valence-corrected chi connectivity index (χ2v) is 18.5. The van der Waals surface area contributed by atoms with Crippen molar-refractivity contribution in [1.82, 2.24) is 4.90 Å². The number of benzene rings is 5. The summed E-state index contributed by atoms with van der Waals surface area (Å²) in [6.45, 7) is 3.91. The van der Waals surface area contributed by atoms with Crippen LogP contribution in [0.5, 0.6) is 17.2 Å². The number of rotatable bonds is 10. The number of amides is 1. The molecule has 1 amide bonds. The Labute approximate surface area is 392 Å². The van der Waals surface area contributed by atoms with E-state index in [-0.39, 0.29) is 53.6 Å². The number of aliphatic hydroxyl groups excluding tert-OH is 1. The molecule has 1 saturated carbocycles. The van der Waals surface area contributed by atoms with Crippen molar-refractivity contribution in [3.8, 4) is 28.6 Å². The van der Waals surface area contributed by atoms with Crippen LogP contribution in [0, 0.1) is 5.41 Å². The summed E-state index contributed by atoms with van der Waals surface area (Å²) in [6, 6.07) is 29.7. The van der Waals surface area contributed by atoms with Gasteiger partial charge in [-0.1, -0.05) is 72.6 Å². The number of aliphatic hydroxyl groups is 2. The third-order valence-corrected chi connectivity index (χ3v) is 14.1. The zero-order valence-electron chi connectivity index (χ0n) is 37.8. The number of nitrogens with zero attached hydrogens (tertiary/aromatic N) is 1. The van der Waals surface area contributed by atoms with Gasteiger partial charge in [0.05, 0.1) is 49.6 Å². The van der Waals surface area contributed by atoms with Gasteiger partial charge in [0.1, 0.15) is 23.0 Å². The van der Waals surface area contributed by atoms with Crippen LogP contribution in [0.2, 0.25) is 5.02 Å². The largest absolute Gasteiger partial charge is 0.497 e. The minimum atomic E-state index is -4.63. The third kappa shape index (κ3) is 9.98. The number of ketones is 1. The molecular weight excluding hydrogens is 883 g/mol. The number of alkyl halides is 3. The van der Waals surface area contributed by atoms with Crippen molar-refractivity contribution in [2.45, 2.75) is 89.1 Å². The molecule has 9 nitrogen and oxygen atoms in total. The Morgan fingerprint density at radius 1 is 0.881 bits per heavy atom. The first-order chi connectivity index (χ1) is 32.0. The first-order valence-corrected chi connectivity index (χ1v) is 22.7. The van der Waals surface area contributed by atoms with Gasteiger partial charge in [-0.15, -0.1) is 0 Å². The van der Waals surface area contributed by atoms with Gasteiger partial charge in [-0.2, -0.15) is 13.2 Å². The summed E-state index contributed by atoms with van der Waals surface area (Å²) in [5.74, 6) is 0.292.